The third-order valence-corrected chi connectivity index (χ3v) is 3.71. The third kappa shape index (κ3) is 4.44. The number of carbonyl (C=O) groups excluding carboxylic acids is 1. The third-order valence-electron chi connectivity index (χ3n) is 2.92. The second-order valence-electron chi connectivity index (χ2n) is 4.63. The molecule has 0 radical (unpaired) electrons. The molecule has 1 amide bonds. The lowest BCUT2D eigenvalue weighted by Gasteiger charge is -2.16. The summed E-state index contributed by atoms with van der Waals surface area (Å²) in [6, 6.07) is 10.7. The van der Waals surface area contributed by atoms with Crippen molar-refractivity contribution in [2.45, 2.75) is 13.0 Å². The molecule has 2 aromatic carbocycles. The molecule has 0 aliphatic heterocycles. The number of anilines is 1. The number of nitrogens with one attached hydrogen (secondary N) is 1. The van der Waals surface area contributed by atoms with E-state index in [0.717, 1.165) is 0 Å². The van der Waals surface area contributed by atoms with Crippen LogP contribution in [-0.2, 0) is 4.79 Å². The average Bonchev–Trinajstić information content (AvgIpc) is 2.51. The molecule has 0 spiro atoms. The van der Waals surface area contributed by atoms with Crippen molar-refractivity contribution in [3.05, 3.63) is 57.3 Å². The Morgan fingerprint density at radius 3 is 2.74 bits per heavy atom. The molecule has 0 heterocycles. The molecule has 2 aromatic rings. The number of rotatable bonds is 4. The van der Waals surface area contributed by atoms with Gasteiger partial charge in [0.15, 0.2) is 6.10 Å². The normalized spacial score (nSPS) is 11.4. The topological polar surface area (TPSA) is 62.1 Å². The van der Waals surface area contributed by atoms with Crippen LogP contribution in [0.3, 0.4) is 0 Å². The number of halogens is 3. The highest BCUT2D eigenvalue weighted by Gasteiger charge is 2.18. The van der Waals surface area contributed by atoms with Gasteiger partial charge in [-0.2, -0.15) is 5.26 Å². The van der Waals surface area contributed by atoms with Gasteiger partial charge in [0, 0.05) is 4.47 Å². The molecule has 4 nitrogen and oxygen atoms in total. The molecule has 2 rings (SSSR count). The summed E-state index contributed by atoms with van der Waals surface area (Å²) < 4.78 is 19.7. The number of carbonyl (C=O) groups is 1. The van der Waals surface area contributed by atoms with E-state index in [1.807, 2.05) is 6.07 Å². The maximum atomic E-state index is 13.7. The molecule has 1 atom stereocenters. The standard InChI is InChI=1S/C16H11BrClFN2O2/c1-9(23-15-5-2-10(8-20)6-12(15)18)16(22)21-14-4-3-11(17)7-13(14)19/h2-7,9H,1H3,(H,21,22)/t9-/m0/s1. The van der Waals surface area contributed by atoms with Crippen LogP contribution >= 0.6 is 27.5 Å². The Hall–Kier alpha value is -2.10. The van der Waals surface area contributed by atoms with E-state index in [9.17, 15) is 9.18 Å². The van der Waals surface area contributed by atoms with E-state index in [1.54, 1.807) is 6.07 Å². The van der Waals surface area contributed by atoms with Crippen molar-refractivity contribution in [3.8, 4) is 11.8 Å². The van der Waals surface area contributed by atoms with Gasteiger partial charge in [-0.3, -0.25) is 4.79 Å². The minimum absolute atomic E-state index is 0.0552. The van der Waals surface area contributed by atoms with Crippen LogP contribution in [0.15, 0.2) is 40.9 Å². The van der Waals surface area contributed by atoms with Gasteiger partial charge < -0.3 is 10.1 Å². The summed E-state index contributed by atoms with van der Waals surface area (Å²) in [7, 11) is 0. The monoisotopic (exact) mass is 396 g/mol. The number of benzene rings is 2. The zero-order valence-electron chi connectivity index (χ0n) is 11.9. The van der Waals surface area contributed by atoms with Gasteiger partial charge in [0.05, 0.1) is 22.3 Å². The Kier molecular flexibility index (Phi) is 5.59. The van der Waals surface area contributed by atoms with Gasteiger partial charge in [-0.05, 0) is 43.3 Å². The summed E-state index contributed by atoms with van der Waals surface area (Å²) in [5.41, 5.74) is 0.441. The minimum Gasteiger partial charge on any atom is -0.479 e. The number of amides is 1. The molecule has 0 bridgehead atoms. The SMILES string of the molecule is C[C@H](Oc1ccc(C#N)cc1Cl)C(=O)Nc1ccc(Br)cc1F. The summed E-state index contributed by atoms with van der Waals surface area (Å²) in [5.74, 6) is -0.812. The molecular formula is C16H11BrClFN2O2. The predicted molar refractivity (Wildman–Crippen MR) is 89.0 cm³/mol. The van der Waals surface area contributed by atoms with Crippen LogP contribution in [0.5, 0.6) is 5.75 Å². The number of ether oxygens (including phenoxy) is 1. The zero-order valence-corrected chi connectivity index (χ0v) is 14.3. The first-order valence-electron chi connectivity index (χ1n) is 6.53. The molecule has 0 aliphatic rings. The van der Waals surface area contributed by atoms with Crippen molar-refractivity contribution in [3.63, 3.8) is 0 Å². The summed E-state index contributed by atoms with van der Waals surface area (Å²) in [6.07, 6.45) is -0.900. The van der Waals surface area contributed by atoms with Crippen LogP contribution in [0.4, 0.5) is 10.1 Å². The number of nitrogens with zero attached hydrogens (tertiary/aromatic N) is 1. The number of hydrogen-bond donors (Lipinski definition) is 1. The van der Waals surface area contributed by atoms with Crippen molar-refractivity contribution >= 4 is 39.1 Å². The maximum Gasteiger partial charge on any atom is 0.265 e. The molecule has 0 unspecified atom stereocenters. The number of hydrogen-bond acceptors (Lipinski definition) is 3. The van der Waals surface area contributed by atoms with Gasteiger partial charge in [-0.25, -0.2) is 4.39 Å². The van der Waals surface area contributed by atoms with Crippen LogP contribution in [-0.4, -0.2) is 12.0 Å². The van der Waals surface area contributed by atoms with Crippen LogP contribution < -0.4 is 10.1 Å². The molecule has 0 aliphatic carbocycles. The highest BCUT2D eigenvalue weighted by atomic mass is 79.9. The van der Waals surface area contributed by atoms with Crippen molar-refractivity contribution in [1.29, 1.82) is 5.26 Å². The second-order valence-corrected chi connectivity index (χ2v) is 5.95. The van der Waals surface area contributed by atoms with Crippen LogP contribution in [0.1, 0.15) is 12.5 Å². The quantitative estimate of drug-likeness (QED) is 0.825. The average molecular weight is 398 g/mol. The Balaban J connectivity index is 2.07. The van der Waals surface area contributed by atoms with Crippen LogP contribution in [0, 0.1) is 17.1 Å². The van der Waals surface area contributed by atoms with E-state index in [-0.39, 0.29) is 16.5 Å². The van der Waals surface area contributed by atoms with Gasteiger partial charge in [0.1, 0.15) is 11.6 Å². The minimum atomic E-state index is -0.900. The van der Waals surface area contributed by atoms with Crippen LogP contribution in [0.2, 0.25) is 5.02 Å². The van der Waals surface area contributed by atoms with Gasteiger partial charge in [-0.1, -0.05) is 27.5 Å². The lowest BCUT2D eigenvalue weighted by molar-refractivity contribution is -0.122. The first-order chi connectivity index (χ1) is 10.9. The van der Waals surface area contributed by atoms with Crippen molar-refractivity contribution in [2.24, 2.45) is 0 Å². The molecule has 7 heteroatoms. The van der Waals surface area contributed by atoms with E-state index >= 15 is 0 Å². The fraction of sp³-hybridized carbons (Fsp3) is 0.125. The van der Waals surface area contributed by atoms with Crippen molar-refractivity contribution < 1.29 is 13.9 Å². The Labute approximate surface area is 146 Å². The van der Waals surface area contributed by atoms with Gasteiger partial charge >= 0.3 is 0 Å². The van der Waals surface area contributed by atoms with Crippen molar-refractivity contribution in [1.82, 2.24) is 0 Å². The highest BCUT2D eigenvalue weighted by Crippen LogP contribution is 2.26. The van der Waals surface area contributed by atoms with E-state index in [2.05, 4.69) is 21.2 Å². The molecule has 0 aromatic heterocycles. The van der Waals surface area contributed by atoms with Crippen LogP contribution in [0.25, 0.3) is 0 Å². The smallest absolute Gasteiger partial charge is 0.265 e. The molecule has 23 heavy (non-hydrogen) atoms. The summed E-state index contributed by atoms with van der Waals surface area (Å²) in [4.78, 5) is 12.1. The highest BCUT2D eigenvalue weighted by molar-refractivity contribution is 9.10. The van der Waals surface area contributed by atoms with Gasteiger partial charge in [0.2, 0.25) is 0 Å². The van der Waals surface area contributed by atoms with E-state index in [1.165, 1.54) is 37.3 Å². The molecule has 1 N–H and O–H groups in total. The lowest BCUT2D eigenvalue weighted by atomic mass is 10.2. The largest absolute Gasteiger partial charge is 0.479 e. The van der Waals surface area contributed by atoms with Gasteiger partial charge in [-0.15, -0.1) is 0 Å². The molecule has 118 valence electrons. The van der Waals surface area contributed by atoms with Crippen molar-refractivity contribution in [2.75, 3.05) is 5.32 Å². The first-order valence-corrected chi connectivity index (χ1v) is 7.70. The Morgan fingerprint density at radius 2 is 2.13 bits per heavy atom. The molecule has 0 saturated heterocycles. The zero-order chi connectivity index (χ0) is 17.0. The van der Waals surface area contributed by atoms with E-state index in [4.69, 9.17) is 21.6 Å². The summed E-state index contributed by atoms with van der Waals surface area (Å²) in [6.45, 7) is 1.51. The predicted octanol–water partition coefficient (Wildman–Crippen LogP) is 4.52. The number of nitriles is 1. The fourth-order valence-electron chi connectivity index (χ4n) is 1.74. The Morgan fingerprint density at radius 1 is 1.39 bits per heavy atom. The molecular weight excluding hydrogens is 387 g/mol. The first kappa shape index (κ1) is 17.3. The van der Waals surface area contributed by atoms with E-state index < -0.39 is 17.8 Å². The Bertz CT molecular complexity index is 792. The molecule has 0 saturated carbocycles. The fourth-order valence-corrected chi connectivity index (χ4v) is 2.29. The van der Waals surface area contributed by atoms with E-state index in [0.29, 0.717) is 10.0 Å². The molecule has 0 fully saturated rings. The summed E-state index contributed by atoms with van der Waals surface area (Å²) >= 11 is 9.13. The maximum absolute atomic E-state index is 13.7. The second kappa shape index (κ2) is 7.44. The summed E-state index contributed by atoms with van der Waals surface area (Å²) in [5, 5.41) is 11.4. The lowest BCUT2D eigenvalue weighted by Crippen LogP contribution is -2.30. The van der Waals surface area contributed by atoms with Gasteiger partial charge in [0.25, 0.3) is 5.91 Å².